The van der Waals surface area contributed by atoms with E-state index in [0.29, 0.717) is 13.1 Å². The summed E-state index contributed by atoms with van der Waals surface area (Å²) in [7, 11) is -3.80. The average Bonchev–Trinajstić information content (AvgIpc) is 3.34. The van der Waals surface area contributed by atoms with Crippen molar-refractivity contribution in [2.75, 3.05) is 13.1 Å². The third-order valence-electron chi connectivity index (χ3n) is 7.33. The predicted molar refractivity (Wildman–Crippen MR) is 152 cm³/mol. The van der Waals surface area contributed by atoms with E-state index in [-0.39, 0.29) is 29.3 Å². The minimum absolute atomic E-state index is 0.0919. The van der Waals surface area contributed by atoms with Crippen molar-refractivity contribution in [1.82, 2.24) is 13.8 Å². The third-order valence-corrected chi connectivity index (χ3v) is 9.15. The maximum atomic E-state index is 14.0. The number of aromatic nitrogens is 1. The van der Waals surface area contributed by atoms with Crippen molar-refractivity contribution >= 4 is 15.9 Å². The van der Waals surface area contributed by atoms with Gasteiger partial charge in [0.05, 0.1) is 18.0 Å². The van der Waals surface area contributed by atoms with Crippen LogP contribution in [0.3, 0.4) is 0 Å². The van der Waals surface area contributed by atoms with Crippen LogP contribution in [0.25, 0.3) is 0 Å². The SMILES string of the molecule is Cc1ccc(S(=O)(=O)N(CC(=O)N(Cc2cccn2Cc2ccccc2)C2CCCCC2)CC(C)C)cc1. The Kier molecular flexibility index (Phi) is 9.44. The van der Waals surface area contributed by atoms with E-state index in [4.69, 9.17) is 0 Å². The van der Waals surface area contributed by atoms with Gasteiger partial charge in [-0.25, -0.2) is 8.42 Å². The summed E-state index contributed by atoms with van der Waals surface area (Å²) in [5, 5.41) is 0. The van der Waals surface area contributed by atoms with Crippen molar-refractivity contribution < 1.29 is 13.2 Å². The van der Waals surface area contributed by atoms with E-state index in [9.17, 15) is 13.2 Å². The standard InChI is InChI=1S/C31H41N3O3S/c1-25(2)21-33(38(36,37)30-18-16-26(3)17-19-30)24-31(35)34(28-13-8-5-9-14-28)23-29-15-10-20-32(29)22-27-11-6-4-7-12-27/h4,6-7,10-12,15-20,25,28H,5,8-9,13-14,21-24H2,1-3H3. The van der Waals surface area contributed by atoms with E-state index in [0.717, 1.165) is 43.5 Å². The molecular formula is C31H41N3O3S. The van der Waals surface area contributed by atoms with Crippen LogP contribution in [0.4, 0.5) is 0 Å². The molecule has 204 valence electrons. The molecule has 4 rings (SSSR count). The molecule has 1 aliphatic carbocycles. The molecule has 38 heavy (non-hydrogen) atoms. The van der Waals surface area contributed by atoms with Gasteiger partial charge < -0.3 is 9.47 Å². The summed E-state index contributed by atoms with van der Waals surface area (Å²) in [5.41, 5.74) is 3.26. The lowest BCUT2D eigenvalue weighted by Crippen LogP contribution is -2.48. The third kappa shape index (κ3) is 7.14. The Morgan fingerprint density at radius 2 is 1.63 bits per heavy atom. The number of rotatable bonds is 11. The molecule has 1 aromatic heterocycles. The molecule has 0 aliphatic heterocycles. The second-order valence-electron chi connectivity index (χ2n) is 10.9. The Balaban J connectivity index is 1.59. The van der Waals surface area contributed by atoms with Crippen LogP contribution < -0.4 is 0 Å². The predicted octanol–water partition coefficient (Wildman–Crippen LogP) is 5.85. The van der Waals surface area contributed by atoms with Crippen LogP contribution in [0.5, 0.6) is 0 Å². The molecule has 1 aliphatic rings. The molecule has 0 spiro atoms. The van der Waals surface area contributed by atoms with Gasteiger partial charge in [-0.1, -0.05) is 81.1 Å². The summed E-state index contributed by atoms with van der Waals surface area (Å²) >= 11 is 0. The van der Waals surface area contributed by atoms with Crippen molar-refractivity contribution in [3.8, 4) is 0 Å². The van der Waals surface area contributed by atoms with Gasteiger partial charge in [0, 0.05) is 31.0 Å². The van der Waals surface area contributed by atoms with Gasteiger partial charge in [0.15, 0.2) is 0 Å². The Morgan fingerprint density at radius 3 is 2.29 bits per heavy atom. The molecule has 0 radical (unpaired) electrons. The van der Waals surface area contributed by atoms with Crippen LogP contribution in [0.2, 0.25) is 0 Å². The summed E-state index contributed by atoms with van der Waals surface area (Å²) in [6.07, 6.45) is 7.34. The zero-order chi connectivity index (χ0) is 27.1. The van der Waals surface area contributed by atoms with Gasteiger partial charge in [-0.2, -0.15) is 4.31 Å². The maximum Gasteiger partial charge on any atom is 0.243 e. The fourth-order valence-electron chi connectivity index (χ4n) is 5.27. The molecule has 7 heteroatoms. The smallest absolute Gasteiger partial charge is 0.243 e. The fraction of sp³-hybridized carbons (Fsp3) is 0.452. The van der Waals surface area contributed by atoms with E-state index in [2.05, 4.69) is 29.0 Å². The number of nitrogens with zero attached hydrogens (tertiary/aromatic N) is 3. The van der Waals surface area contributed by atoms with E-state index in [1.807, 2.05) is 49.9 Å². The summed E-state index contributed by atoms with van der Waals surface area (Å²) in [6.45, 7) is 7.26. The van der Waals surface area contributed by atoms with Gasteiger partial charge in [0.25, 0.3) is 0 Å². The van der Waals surface area contributed by atoms with Crippen LogP contribution in [0.15, 0.2) is 77.8 Å². The lowest BCUT2D eigenvalue weighted by atomic mass is 9.94. The van der Waals surface area contributed by atoms with Gasteiger partial charge in [0.2, 0.25) is 15.9 Å². The second-order valence-corrected chi connectivity index (χ2v) is 12.9. The number of aryl methyl sites for hydroxylation is 1. The number of carbonyl (C=O) groups excluding carboxylic acids is 1. The fourth-order valence-corrected chi connectivity index (χ4v) is 6.82. The second kappa shape index (κ2) is 12.8. The Bertz CT molecular complexity index is 1280. The van der Waals surface area contributed by atoms with Crippen molar-refractivity contribution in [3.63, 3.8) is 0 Å². The van der Waals surface area contributed by atoms with Gasteiger partial charge in [-0.05, 0) is 55.5 Å². The van der Waals surface area contributed by atoms with Gasteiger partial charge in [-0.3, -0.25) is 4.79 Å². The van der Waals surface area contributed by atoms with Crippen molar-refractivity contribution in [2.24, 2.45) is 5.92 Å². The Morgan fingerprint density at radius 1 is 0.947 bits per heavy atom. The molecule has 1 amide bonds. The molecule has 6 nitrogen and oxygen atoms in total. The monoisotopic (exact) mass is 535 g/mol. The normalized spacial score (nSPS) is 14.8. The molecule has 0 bridgehead atoms. The minimum Gasteiger partial charge on any atom is -0.345 e. The highest BCUT2D eigenvalue weighted by Gasteiger charge is 2.32. The zero-order valence-electron chi connectivity index (χ0n) is 22.9. The maximum absolute atomic E-state index is 14.0. The Labute approximate surface area is 228 Å². The van der Waals surface area contributed by atoms with Crippen LogP contribution in [0, 0.1) is 12.8 Å². The quantitative estimate of drug-likeness (QED) is 0.309. The van der Waals surface area contributed by atoms with Gasteiger partial charge in [0.1, 0.15) is 0 Å². The summed E-state index contributed by atoms with van der Waals surface area (Å²) in [4.78, 5) is 16.2. The van der Waals surface area contributed by atoms with E-state index in [1.165, 1.54) is 16.3 Å². The lowest BCUT2D eigenvalue weighted by Gasteiger charge is -2.36. The summed E-state index contributed by atoms with van der Waals surface area (Å²) in [6, 6.07) is 21.4. The van der Waals surface area contributed by atoms with Gasteiger partial charge >= 0.3 is 0 Å². The summed E-state index contributed by atoms with van der Waals surface area (Å²) in [5.74, 6) is -0.0324. The first-order valence-electron chi connectivity index (χ1n) is 13.8. The Hall–Kier alpha value is -2.90. The topological polar surface area (TPSA) is 62.6 Å². The first-order valence-corrected chi connectivity index (χ1v) is 15.2. The molecule has 0 unspecified atom stereocenters. The van der Waals surface area contributed by atoms with Crippen molar-refractivity contribution in [2.45, 2.75) is 76.9 Å². The van der Waals surface area contributed by atoms with Crippen molar-refractivity contribution in [3.05, 3.63) is 89.7 Å². The molecule has 0 saturated heterocycles. The van der Waals surface area contributed by atoms with E-state index < -0.39 is 10.0 Å². The highest BCUT2D eigenvalue weighted by molar-refractivity contribution is 7.89. The number of benzene rings is 2. The molecular weight excluding hydrogens is 494 g/mol. The zero-order valence-corrected chi connectivity index (χ0v) is 23.7. The van der Waals surface area contributed by atoms with Crippen LogP contribution >= 0.6 is 0 Å². The minimum atomic E-state index is -3.80. The van der Waals surface area contributed by atoms with Crippen molar-refractivity contribution in [1.29, 1.82) is 0 Å². The molecule has 0 atom stereocenters. The van der Waals surface area contributed by atoms with Crippen LogP contribution in [-0.2, 0) is 27.9 Å². The summed E-state index contributed by atoms with van der Waals surface area (Å²) < 4.78 is 30.8. The number of carbonyl (C=O) groups is 1. The molecule has 1 heterocycles. The lowest BCUT2D eigenvalue weighted by molar-refractivity contribution is -0.135. The number of amides is 1. The molecule has 1 fully saturated rings. The molecule has 3 aromatic rings. The van der Waals surface area contributed by atoms with Crippen LogP contribution in [-0.4, -0.2) is 47.2 Å². The molecule has 1 saturated carbocycles. The average molecular weight is 536 g/mol. The first kappa shape index (κ1) is 28.1. The molecule has 0 N–H and O–H groups in total. The van der Waals surface area contributed by atoms with E-state index >= 15 is 0 Å². The first-order chi connectivity index (χ1) is 18.2. The largest absolute Gasteiger partial charge is 0.345 e. The number of hydrogen-bond donors (Lipinski definition) is 0. The molecule has 2 aromatic carbocycles. The highest BCUT2D eigenvalue weighted by Crippen LogP contribution is 2.26. The number of sulfonamides is 1. The van der Waals surface area contributed by atoms with E-state index in [1.54, 1.807) is 24.3 Å². The van der Waals surface area contributed by atoms with Crippen LogP contribution in [0.1, 0.15) is 62.8 Å². The van der Waals surface area contributed by atoms with Gasteiger partial charge in [-0.15, -0.1) is 0 Å². The highest BCUT2D eigenvalue weighted by atomic mass is 32.2. The number of hydrogen-bond acceptors (Lipinski definition) is 3.